The summed E-state index contributed by atoms with van der Waals surface area (Å²) in [6.45, 7) is 2.60. The van der Waals surface area contributed by atoms with E-state index in [1.165, 1.54) is 20.0 Å². The normalized spacial score (nSPS) is 12.6. The van der Waals surface area contributed by atoms with Gasteiger partial charge in [-0.2, -0.15) is 0 Å². The summed E-state index contributed by atoms with van der Waals surface area (Å²) in [5, 5.41) is 13.7. The summed E-state index contributed by atoms with van der Waals surface area (Å²) in [6, 6.07) is 0. The summed E-state index contributed by atoms with van der Waals surface area (Å²) in [6.07, 6.45) is 6.58. The van der Waals surface area contributed by atoms with Gasteiger partial charge in [0.25, 0.3) is 0 Å². The van der Waals surface area contributed by atoms with Gasteiger partial charge in [0.05, 0.1) is 13.2 Å². The van der Waals surface area contributed by atoms with E-state index in [1.54, 1.807) is 0 Å². The lowest BCUT2D eigenvalue weighted by molar-refractivity contribution is 0.180. The van der Waals surface area contributed by atoms with Gasteiger partial charge in [-0.25, -0.2) is 0 Å². The van der Waals surface area contributed by atoms with Crippen LogP contribution in [0.25, 0.3) is 0 Å². The highest BCUT2D eigenvalue weighted by atomic mass is 79.9. The van der Waals surface area contributed by atoms with Crippen LogP contribution < -0.4 is 5.09 Å². The molecule has 0 aliphatic rings. The predicted octanol–water partition coefficient (Wildman–Crippen LogP) is 4.38. The Morgan fingerprint density at radius 1 is 1.16 bits per heavy atom. The molecular formula is C12H27Br2NO3P+. The van der Waals surface area contributed by atoms with Crippen molar-refractivity contribution in [3.05, 3.63) is 0 Å². The van der Waals surface area contributed by atoms with Gasteiger partial charge in [-0.3, -0.25) is 0 Å². The van der Waals surface area contributed by atoms with Gasteiger partial charge in [0.1, 0.15) is 0 Å². The van der Waals surface area contributed by atoms with Crippen LogP contribution in [0.15, 0.2) is 0 Å². The third kappa shape index (κ3) is 24.4. The van der Waals surface area contributed by atoms with E-state index in [0.717, 1.165) is 42.9 Å². The molecule has 0 aromatic rings. The minimum atomic E-state index is -1.61. The number of alkyl halides is 2. The summed E-state index contributed by atoms with van der Waals surface area (Å²) in [5.41, 5.74) is 0. The molecule has 0 saturated carbocycles. The van der Waals surface area contributed by atoms with E-state index in [1.807, 2.05) is 6.92 Å². The Kier molecular flexibility index (Phi) is 22.2. The van der Waals surface area contributed by atoms with Gasteiger partial charge in [0.2, 0.25) is 0 Å². The third-order valence-corrected chi connectivity index (χ3v) is 4.16. The SMILES string of the molecule is CC(O)CCCCCBr.CO[P+](=O)NCCCCBr. The number of aliphatic hydroxyl groups excluding tert-OH is 1. The number of aliphatic hydroxyl groups is 1. The van der Waals surface area contributed by atoms with Crippen molar-refractivity contribution in [3.8, 4) is 0 Å². The molecule has 0 aliphatic carbocycles. The number of hydrogen-bond acceptors (Lipinski definition) is 3. The molecule has 7 heteroatoms. The van der Waals surface area contributed by atoms with Crippen molar-refractivity contribution in [2.75, 3.05) is 24.3 Å². The Hall–Kier alpha value is 0.940. The van der Waals surface area contributed by atoms with Crippen LogP contribution in [0.5, 0.6) is 0 Å². The molecule has 0 bridgehead atoms. The smallest absolute Gasteiger partial charge is 0.393 e. The first-order valence-electron chi connectivity index (χ1n) is 6.63. The lowest BCUT2D eigenvalue weighted by atomic mass is 10.1. The lowest BCUT2D eigenvalue weighted by Crippen LogP contribution is -2.05. The van der Waals surface area contributed by atoms with Gasteiger partial charge in [0.15, 0.2) is 0 Å². The number of rotatable bonds is 11. The standard InChI is InChI=1S/C7H15BrO.C5H12BrNO2P/c1-7(9)5-3-2-4-6-8;1-9-10(8)7-5-3-2-4-6/h7,9H,2-6H2,1H3;2-5H2,1H3,(H,7,8)/q;+1. The maximum atomic E-state index is 10.6. The van der Waals surface area contributed by atoms with Gasteiger partial charge >= 0.3 is 8.18 Å². The highest BCUT2D eigenvalue weighted by Gasteiger charge is 2.11. The molecule has 0 spiro atoms. The van der Waals surface area contributed by atoms with Gasteiger partial charge in [-0.15, -0.1) is 4.52 Å². The quantitative estimate of drug-likeness (QED) is 0.294. The van der Waals surface area contributed by atoms with E-state index < -0.39 is 8.18 Å². The fourth-order valence-corrected chi connectivity index (χ4v) is 2.43. The molecule has 0 fully saturated rings. The second kappa shape index (κ2) is 18.9. The first-order chi connectivity index (χ1) is 9.08. The van der Waals surface area contributed by atoms with Crippen molar-refractivity contribution in [2.24, 2.45) is 0 Å². The van der Waals surface area contributed by atoms with E-state index in [9.17, 15) is 4.57 Å². The molecule has 2 N–H and O–H groups in total. The van der Waals surface area contributed by atoms with Crippen LogP contribution >= 0.6 is 40.0 Å². The largest absolute Gasteiger partial charge is 0.612 e. The predicted molar refractivity (Wildman–Crippen MR) is 89.6 cm³/mol. The molecule has 0 aliphatic heterocycles. The van der Waals surface area contributed by atoms with E-state index in [-0.39, 0.29) is 6.10 Å². The van der Waals surface area contributed by atoms with Crippen LogP contribution in [0.1, 0.15) is 45.4 Å². The molecule has 2 unspecified atom stereocenters. The highest BCUT2D eigenvalue weighted by molar-refractivity contribution is 9.09. The molecule has 0 saturated heterocycles. The Morgan fingerprint density at radius 2 is 1.74 bits per heavy atom. The maximum Gasteiger partial charge on any atom is 0.612 e. The van der Waals surface area contributed by atoms with Gasteiger partial charge in [-0.1, -0.05) is 49.8 Å². The molecule has 0 radical (unpaired) electrons. The Labute approximate surface area is 135 Å². The van der Waals surface area contributed by atoms with Crippen molar-refractivity contribution in [2.45, 2.75) is 51.6 Å². The van der Waals surface area contributed by atoms with Gasteiger partial charge in [0, 0.05) is 17.2 Å². The van der Waals surface area contributed by atoms with E-state index in [0.29, 0.717) is 0 Å². The van der Waals surface area contributed by atoms with Crippen molar-refractivity contribution < 1.29 is 14.2 Å². The number of unbranched alkanes of at least 4 members (excludes halogenated alkanes) is 3. The van der Waals surface area contributed by atoms with Gasteiger partial charge in [-0.05, 0) is 37.2 Å². The first kappa shape index (κ1) is 22.2. The summed E-state index contributed by atoms with van der Waals surface area (Å²) in [7, 11) is -0.183. The average molecular weight is 424 g/mol. The highest BCUT2D eigenvalue weighted by Crippen LogP contribution is 2.12. The zero-order chi connectivity index (χ0) is 14.9. The summed E-state index contributed by atoms with van der Waals surface area (Å²) in [5.74, 6) is 0. The monoisotopic (exact) mass is 422 g/mol. The van der Waals surface area contributed by atoms with Crippen LogP contribution in [-0.2, 0) is 9.09 Å². The van der Waals surface area contributed by atoms with Crippen LogP contribution in [0, 0.1) is 0 Å². The zero-order valence-corrected chi connectivity index (χ0v) is 16.0. The number of halogens is 2. The topological polar surface area (TPSA) is 58.6 Å². The fourth-order valence-electron chi connectivity index (χ4n) is 1.17. The second-order valence-electron chi connectivity index (χ2n) is 4.13. The molecule has 2 atom stereocenters. The number of hydrogen-bond donors (Lipinski definition) is 2. The van der Waals surface area contributed by atoms with Crippen molar-refractivity contribution in [1.29, 1.82) is 0 Å². The van der Waals surface area contributed by atoms with Crippen molar-refractivity contribution in [1.82, 2.24) is 5.09 Å². The van der Waals surface area contributed by atoms with Crippen molar-refractivity contribution in [3.63, 3.8) is 0 Å². The molecule has 0 aromatic heterocycles. The zero-order valence-electron chi connectivity index (χ0n) is 11.9. The minimum Gasteiger partial charge on any atom is -0.393 e. The fraction of sp³-hybridized carbons (Fsp3) is 1.00. The van der Waals surface area contributed by atoms with Crippen LogP contribution in [0.3, 0.4) is 0 Å². The van der Waals surface area contributed by atoms with E-state index in [2.05, 4.69) is 41.5 Å². The Morgan fingerprint density at radius 3 is 2.21 bits per heavy atom. The molecule has 4 nitrogen and oxygen atoms in total. The molecule has 0 amide bonds. The Bertz CT molecular complexity index is 198. The molecule has 19 heavy (non-hydrogen) atoms. The van der Waals surface area contributed by atoms with Crippen molar-refractivity contribution >= 4 is 40.0 Å². The van der Waals surface area contributed by atoms with Crippen LogP contribution in [-0.4, -0.2) is 35.5 Å². The van der Waals surface area contributed by atoms with E-state index >= 15 is 0 Å². The molecule has 0 rings (SSSR count). The molecule has 0 heterocycles. The van der Waals surface area contributed by atoms with Crippen LogP contribution in [0.2, 0.25) is 0 Å². The minimum absolute atomic E-state index is 0.111. The summed E-state index contributed by atoms with van der Waals surface area (Å²) < 4.78 is 15.1. The Balaban J connectivity index is 0. The molecular weight excluding hydrogens is 397 g/mol. The lowest BCUT2D eigenvalue weighted by Gasteiger charge is -2.01. The third-order valence-electron chi connectivity index (χ3n) is 2.22. The summed E-state index contributed by atoms with van der Waals surface area (Å²) >= 11 is 6.66. The van der Waals surface area contributed by atoms with E-state index in [4.69, 9.17) is 5.11 Å². The maximum absolute atomic E-state index is 10.6. The second-order valence-corrected chi connectivity index (χ2v) is 6.91. The van der Waals surface area contributed by atoms with Crippen LogP contribution in [0.4, 0.5) is 0 Å². The average Bonchev–Trinajstić information content (AvgIpc) is 2.40. The molecule has 0 aromatic carbocycles. The number of nitrogens with one attached hydrogen (secondary N) is 1. The first-order valence-corrected chi connectivity index (χ1v) is 10.0. The summed E-state index contributed by atoms with van der Waals surface area (Å²) in [4.78, 5) is 0. The molecule has 116 valence electrons. The van der Waals surface area contributed by atoms with Gasteiger partial charge < -0.3 is 5.11 Å².